The van der Waals surface area contributed by atoms with Gasteiger partial charge in [0.1, 0.15) is 0 Å². The maximum absolute atomic E-state index is 10.7. The second-order valence-corrected chi connectivity index (χ2v) is 4.61. The fraction of sp³-hybridized carbons (Fsp3) is 0.400. The molecule has 86 valence electrons. The molecule has 2 rings (SSSR count). The molecule has 1 aromatic rings. The molecule has 1 unspecified atom stereocenters. The predicted octanol–water partition coefficient (Wildman–Crippen LogP) is 2.13. The van der Waals surface area contributed by atoms with Crippen molar-refractivity contribution in [1.82, 2.24) is 5.32 Å². The number of halogens is 1. The van der Waals surface area contributed by atoms with Crippen molar-refractivity contribution in [2.45, 2.75) is 12.5 Å². The summed E-state index contributed by atoms with van der Waals surface area (Å²) in [7, 11) is 0. The maximum Gasteiger partial charge on any atom is 0.285 e. The summed E-state index contributed by atoms with van der Waals surface area (Å²) in [4.78, 5) is 10.4. The van der Waals surface area contributed by atoms with Crippen LogP contribution in [0.25, 0.3) is 0 Å². The van der Waals surface area contributed by atoms with Gasteiger partial charge in [-0.3, -0.25) is 10.1 Å². The zero-order valence-electron chi connectivity index (χ0n) is 8.57. The molecular weight excluding hydrogens is 274 g/mol. The minimum absolute atomic E-state index is 0.0935. The lowest BCUT2D eigenvalue weighted by Gasteiger charge is -2.12. The molecule has 5 nitrogen and oxygen atoms in total. The molecule has 6 heteroatoms. The van der Waals surface area contributed by atoms with Crippen molar-refractivity contribution in [3.05, 3.63) is 32.8 Å². The molecule has 0 aliphatic carbocycles. The molecule has 0 saturated carbocycles. The van der Waals surface area contributed by atoms with E-state index in [1.54, 1.807) is 12.1 Å². The predicted molar refractivity (Wildman–Crippen MR) is 65.7 cm³/mol. The lowest BCUT2D eigenvalue weighted by molar-refractivity contribution is -0.385. The highest BCUT2D eigenvalue weighted by Gasteiger charge is 2.16. The van der Waals surface area contributed by atoms with Gasteiger partial charge in [-0.15, -0.1) is 0 Å². The molecule has 0 bridgehead atoms. The Morgan fingerprint density at radius 3 is 3.00 bits per heavy atom. The van der Waals surface area contributed by atoms with Gasteiger partial charge in [0.2, 0.25) is 0 Å². The van der Waals surface area contributed by atoms with Crippen molar-refractivity contribution in [2.24, 2.45) is 0 Å². The molecule has 16 heavy (non-hydrogen) atoms. The lowest BCUT2D eigenvalue weighted by atomic mass is 10.2. The fourth-order valence-electron chi connectivity index (χ4n) is 1.76. The summed E-state index contributed by atoms with van der Waals surface area (Å²) in [6, 6.07) is 5.46. The van der Waals surface area contributed by atoms with Crippen LogP contribution in [-0.4, -0.2) is 24.1 Å². The summed E-state index contributed by atoms with van der Waals surface area (Å²) in [6.45, 7) is 1.90. The van der Waals surface area contributed by atoms with Gasteiger partial charge in [-0.05, 0) is 41.0 Å². The van der Waals surface area contributed by atoms with Crippen LogP contribution >= 0.6 is 15.9 Å². The molecular formula is C10H12BrN3O2. The van der Waals surface area contributed by atoms with Crippen LogP contribution in [0.4, 0.5) is 11.4 Å². The maximum atomic E-state index is 10.7. The Hall–Kier alpha value is -1.14. The minimum atomic E-state index is -0.387. The Bertz CT molecular complexity index is 405. The van der Waals surface area contributed by atoms with Gasteiger partial charge >= 0.3 is 0 Å². The van der Waals surface area contributed by atoms with Gasteiger partial charge in [0.05, 0.1) is 9.40 Å². The molecule has 0 spiro atoms. The lowest BCUT2D eigenvalue weighted by Crippen LogP contribution is -2.22. The summed E-state index contributed by atoms with van der Waals surface area (Å²) in [6.07, 6.45) is 1.05. The number of nitro benzene ring substituents is 1. The van der Waals surface area contributed by atoms with Crippen molar-refractivity contribution < 1.29 is 4.92 Å². The summed E-state index contributed by atoms with van der Waals surface area (Å²) in [5.74, 6) is 0. The van der Waals surface area contributed by atoms with E-state index in [0.29, 0.717) is 10.5 Å². The van der Waals surface area contributed by atoms with Gasteiger partial charge < -0.3 is 10.6 Å². The van der Waals surface area contributed by atoms with Crippen LogP contribution in [0.3, 0.4) is 0 Å². The zero-order valence-corrected chi connectivity index (χ0v) is 10.2. The van der Waals surface area contributed by atoms with E-state index >= 15 is 0 Å². The van der Waals surface area contributed by atoms with Gasteiger partial charge in [-0.2, -0.15) is 0 Å². The topological polar surface area (TPSA) is 67.2 Å². The van der Waals surface area contributed by atoms with Crippen LogP contribution in [0, 0.1) is 10.1 Å². The SMILES string of the molecule is O=[N+]([O-])c1cc(NC2CCNC2)ccc1Br. The van der Waals surface area contributed by atoms with Crippen LogP contribution in [0.1, 0.15) is 6.42 Å². The first-order valence-corrected chi connectivity index (χ1v) is 5.87. The molecule has 2 N–H and O–H groups in total. The summed E-state index contributed by atoms with van der Waals surface area (Å²) in [5.41, 5.74) is 0.888. The number of nitro groups is 1. The first kappa shape index (κ1) is 11.3. The van der Waals surface area contributed by atoms with Gasteiger partial charge in [0.15, 0.2) is 0 Å². The smallest absolute Gasteiger partial charge is 0.285 e. The van der Waals surface area contributed by atoms with E-state index in [-0.39, 0.29) is 10.6 Å². The van der Waals surface area contributed by atoms with Gasteiger partial charge in [-0.25, -0.2) is 0 Å². The first-order valence-electron chi connectivity index (χ1n) is 5.08. The molecule has 0 radical (unpaired) electrons. The quantitative estimate of drug-likeness (QED) is 0.660. The van der Waals surface area contributed by atoms with E-state index in [4.69, 9.17) is 0 Å². The van der Waals surface area contributed by atoms with E-state index < -0.39 is 0 Å². The molecule has 0 amide bonds. The summed E-state index contributed by atoms with van der Waals surface area (Å²) >= 11 is 3.16. The third kappa shape index (κ3) is 2.51. The van der Waals surface area contributed by atoms with Gasteiger partial charge in [-0.1, -0.05) is 0 Å². The molecule has 1 aliphatic heterocycles. The van der Waals surface area contributed by atoms with Crippen molar-refractivity contribution in [2.75, 3.05) is 18.4 Å². The number of anilines is 1. The summed E-state index contributed by atoms with van der Waals surface area (Å²) in [5, 5.41) is 17.3. The normalized spacial score (nSPS) is 19.7. The first-order chi connectivity index (χ1) is 7.66. The second-order valence-electron chi connectivity index (χ2n) is 3.76. The van der Waals surface area contributed by atoms with Crippen LogP contribution in [-0.2, 0) is 0 Å². The Morgan fingerprint density at radius 1 is 1.56 bits per heavy atom. The number of hydrogen-bond donors (Lipinski definition) is 2. The van der Waals surface area contributed by atoms with E-state index in [1.165, 1.54) is 0 Å². The summed E-state index contributed by atoms with van der Waals surface area (Å²) < 4.78 is 0.507. The molecule has 1 fully saturated rings. The largest absolute Gasteiger partial charge is 0.381 e. The number of hydrogen-bond acceptors (Lipinski definition) is 4. The third-order valence-electron chi connectivity index (χ3n) is 2.57. The fourth-order valence-corrected chi connectivity index (χ4v) is 2.15. The van der Waals surface area contributed by atoms with Crippen molar-refractivity contribution >= 4 is 27.3 Å². The highest BCUT2D eigenvalue weighted by atomic mass is 79.9. The van der Waals surface area contributed by atoms with Gasteiger partial charge in [0, 0.05) is 24.3 Å². The van der Waals surface area contributed by atoms with Crippen LogP contribution in [0.2, 0.25) is 0 Å². The van der Waals surface area contributed by atoms with Crippen LogP contribution < -0.4 is 10.6 Å². The molecule has 1 aliphatic rings. The zero-order chi connectivity index (χ0) is 11.5. The highest BCUT2D eigenvalue weighted by molar-refractivity contribution is 9.10. The van der Waals surface area contributed by atoms with E-state index in [1.807, 2.05) is 6.07 Å². The average Bonchev–Trinajstić information content (AvgIpc) is 2.73. The number of benzene rings is 1. The Balaban J connectivity index is 2.15. The Labute approximate surface area is 102 Å². The van der Waals surface area contributed by atoms with Crippen LogP contribution in [0.5, 0.6) is 0 Å². The highest BCUT2D eigenvalue weighted by Crippen LogP contribution is 2.28. The van der Waals surface area contributed by atoms with E-state index in [0.717, 1.165) is 25.2 Å². The number of nitrogens with one attached hydrogen (secondary N) is 2. The Kier molecular flexibility index (Phi) is 3.40. The van der Waals surface area contributed by atoms with E-state index in [2.05, 4.69) is 26.6 Å². The molecule has 1 saturated heterocycles. The third-order valence-corrected chi connectivity index (χ3v) is 3.24. The van der Waals surface area contributed by atoms with Crippen molar-refractivity contribution in [1.29, 1.82) is 0 Å². The van der Waals surface area contributed by atoms with Crippen molar-refractivity contribution in [3.8, 4) is 0 Å². The molecule has 1 heterocycles. The molecule has 0 aromatic heterocycles. The van der Waals surface area contributed by atoms with Crippen LogP contribution in [0.15, 0.2) is 22.7 Å². The monoisotopic (exact) mass is 285 g/mol. The Morgan fingerprint density at radius 2 is 2.38 bits per heavy atom. The standard InChI is InChI=1S/C10H12BrN3O2/c11-9-2-1-7(5-10(9)14(15)16)13-8-3-4-12-6-8/h1-2,5,8,12-13H,3-4,6H2. The molecule has 1 aromatic carbocycles. The van der Waals surface area contributed by atoms with Gasteiger partial charge in [0.25, 0.3) is 5.69 Å². The average molecular weight is 286 g/mol. The minimum Gasteiger partial charge on any atom is -0.381 e. The number of rotatable bonds is 3. The molecule has 1 atom stereocenters. The van der Waals surface area contributed by atoms with Crippen molar-refractivity contribution in [3.63, 3.8) is 0 Å². The number of nitrogens with zero attached hydrogens (tertiary/aromatic N) is 1. The second kappa shape index (κ2) is 4.80. The van der Waals surface area contributed by atoms with E-state index in [9.17, 15) is 10.1 Å².